The Morgan fingerprint density at radius 1 is 1.37 bits per heavy atom. The number of hydrogen-bond acceptors (Lipinski definition) is 3. The number of urea groups is 1. The van der Waals surface area contributed by atoms with Gasteiger partial charge in [-0.1, -0.05) is 13.8 Å². The van der Waals surface area contributed by atoms with Crippen LogP contribution in [0.2, 0.25) is 0 Å². The first-order valence-corrected chi connectivity index (χ1v) is 6.81. The molecule has 0 saturated carbocycles. The molecule has 0 aromatic carbocycles. The van der Waals surface area contributed by atoms with Gasteiger partial charge in [0, 0.05) is 18.6 Å². The number of carboxylic acid groups (broad SMARTS) is 1. The lowest BCUT2D eigenvalue weighted by molar-refractivity contribution is -0.140. The number of nitrogens with zero attached hydrogens (tertiary/aromatic N) is 1. The van der Waals surface area contributed by atoms with E-state index in [1.807, 2.05) is 0 Å². The van der Waals surface area contributed by atoms with Crippen molar-refractivity contribution in [1.82, 2.24) is 15.5 Å². The van der Waals surface area contributed by atoms with Crippen molar-refractivity contribution >= 4 is 12.0 Å². The number of likely N-dealkylation sites (tertiary alicyclic amines) is 1. The SMILES string of the molecule is CC(C)C(NC(=O)NC1CCN(C)C(C)C1)C(=O)O. The molecule has 110 valence electrons. The lowest BCUT2D eigenvalue weighted by Gasteiger charge is -2.35. The van der Waals surface area contributed by atoms with E-state index in [9.17, 15) is 9.59 Å². The zero-order valence-corrected chi connectivity index (χ0v) is 12.1. The fourth-order valence-electron chi connectivity index (χ4n) is 2.30. The summed E-state index contributed by atoms with van der Waals surface area (Å²) in [6, 6.07) is -0.682. The molecule has 0 bridgehead atoms. The first kappa shape index (κ1) is 15.8. The average Bonchev–Trinajstić information content (AvgIpc) is 2.30. The van der Waals surface area contributed by atoms with Crippen molar-refractivity contribution in [2.24, 2.45) is 5.92 Å². The highest BCUT2D eigenvalue weighted by Gasteiger charge is 2.27. The van der Waals surface area contributed by atoms with Crippen molar-refractivity contribution in [2.45, 2.75) is 51.7 Å². The molecule has 0 aromatic rings. The zero-order valence-electron chi connectivity index (χ0n) is 12.1. The van der Waals surface area contributed by atoms with Crippen molar-refractivity contribution in [2.75, 3.05) is 13.6 Å². The monoisotopic (exact) mass is 271 g/mol. The molecule has 1 aliphatic rings. The van der Waals surface area contributed by atoms with Crippen LogP contribution in [0.1, 0.15) is 33.6 Å². The number of aliphatic carboxylic acids is 1. The molecule has 6 heteroatoms. The standard InChI is InChI=1S/C13H25N3O3/c1-8(2)11(12(17)18)15-13(19)14-10-5-6-16(4)9(3)7-10/h8-11H,5-7H2,1-4H3,(H,17,18)(H2,14,15,19). The van der Waals surface area contributed by atoms with Gasteiger partial charge in [0.05, 0.1) is 0 Å². The average molecular weight is 271 g/mol. The van der Waals surface area contributed by atoms with E-state index in [4.69, 9.17) is 5.11 Å². The van der Waals surface area contributed by atoms with Crippen LogP contribution in [-0.4, -0.2) is 53.7 Å². The summed E-state index contributed by atoms with van der Waals surface area (Å²) >= 11 is 0. The van der Waals surface area contributed by atoms with E-state index >= 15 is 0 Å². The Labute approximate surface area is 114 Å². The van der Waals surface area contributed by atoms with Gasteiger partial charge >= 0.3 is 12.0 Å². The summed E-state index contributed by atoms with van der Waals surface area (Å²) in [7, 11) is 2.07. The third-order valence-electron chi connectivity index (χ3n) is 3.76. The van der Waals surface area contributed by atoms with E-state index in [2.05, 4.69) is 29.5 Å². The predicted octanol–water partition coefficient (Wildman–Crippen LogP) is 0.877. The maximum absolute atomic E-state index is 11.8. The first-order chi connectivity index (χ1) is 8.81. The third-order valence-corrected chi connectivity index (χ3v) is 3.76. The van der Waals surface area contributed by atoms with Gasteiger partial charge in [-0.05, 0) is 32.7 Å². The minimum atomic E-state index is -0.998. The summed E-state index contributed by atoms with van der Waals surface area (Å²) in [5.41, 5.74) is 0. The van der Waals surface area contributed by atoms with E-state index in [0.717, 1.165) is 19.4 Å². The molecule has 6 nitrogen and oxygen atoms in total. The Bertz CT molecular complexity index is 333. The first-order valence-electron chi connectivity index (χ1n) is 6.81. The van der Waals surface area contributed by atoms with Crippen LogP contribution in [0.3, 0.4) is 0 Å². The number of carbonyl (C=O) groups is 2. The van der Waals surface area contributed by atoms with Crippen molar-refractivity contribution in [3.63, 3.8) is 0 Å². The van der Waals surface area contributed by atoms with Crippen LogP contribution in [0.4, 0.5) is 4.79 Å². The number of nitrogens with one attached hydrogen (secondary N) is 2. The molecule has 1 heterocycles. The van der Waals surface area contributed by atoms with Gasteiger partial charge in [-0.25, -0.2) is 9.59 Å². The zero-order chi connectivity index (χ0) is 14.6. The van der Waals surface area contributed by atoms with Crippen LogP contribution in [0, 0.1) is 5.92 Å². The highest BCUT2D eigenvalue weighted by molar-refractivity contribution is 5.82. The van der Waals surface area contributed by atoms with Gasteiger partial charge in [0.2, 0.25) is 0 Å². The van der Waals surface area contributed by atoms with Crippen LogP contribution in [-0.2, 0) is 4.79 Å². The number of carboxylic acids is 1. The number of carbonyl (C=O) groups excluding carboxylic acids is 1. The molecule has 19 heavy (non-hydrogen) atoms. The summed E-state index contributed by atoms with van der Waals surface area (Å²) in [6.45, 7) is 6.62. The summed E-state index contributed by atoms with van der Waals surface area (Å²) in [5, 5.41) is 14.4. The minimum Gasteiger partial charge on any atom is -0.480 e. The Morgan fingerprint density at radius 3 is 2.47 bits per heavy atom. The van der Waals surface area contributed by atoms with Gasteiger partial charge in [-0.3, -0.25) is 0 Å². The van der Waals surface area contributed by atoms with Crippen LogP contribution in [0.25, 0.3) is 0 Å². The Morgan fingerprint density at radius 2 is 2.00 bits per heavy atom. The summed E-state index contributed by atoms with van der Waals surface area (Å²) in [5.74, 6) is -1.14. The van der Waals surface area contributed by atoms with Crippen LogP contribution >= 0.6 is 0 Å². The Kier molecular flexibility index (Phi) is 5.60. The summed E-state index contributed by atoms with van der Waals surface area (Å²) in [4.78, 5) is 25.1. The van der Waals surface area contributed by atoms with E-state index in [0.29, 0.717) is 6.04 Å². The van der Waals surface area contributed by atoms with Crippen molar-refractivity contribution in [1.29, 1.82) is 0 Å². The van der Waals surface area contributed by atoms with Crippen molar-refractivity contribution in [3.05, 3.63) is 0 Å². The molecule has 1 rings (SSSR count). The molecule has 0 spiro atoms. The lowest BCUT2D eigenvalue weighted by atomic mass is 9.99. The maximum atomic E-state index is 11.8. The number of rotatable bonds is 4. The number of amides is 2. The quantitative estimate of drug-likeness (QED) is 0.709. The molecule has 0 radical (unpaired) electrons. The minimum absolute atomic E-state index is 0.118. The van der Waals surface area contributed by atoms with Crippen molar-refractivity contribution < 1.29 is 14.7 Å². The second-order valence-corrected chi connectivity index (χ2v) is 5.73. The molecule has 0 aromatic heterocycles. The maximum Gasteiger partial charge on any atom is 0.326 e. The van der Waals surface area contributed by atoms with E-state index in [-0.39, 0.29) is 18.0 Å². The molecule has 1 fully saturated rings. The van der Waals surface area contributed by atoms with Crippen LogP contribution in [0.15, 0.2) is 0 Å². The van der Waals surface area contributed by atoms with Crippen LogP contribution < -0.4 is 10.6 Å². The second kappa shape index (κ2) is 6.75. The molecule has 1 aliphatic heterocycles. The molecule has 3 unspecified atom stereocenters. The van der Waals surface area contributed by atoms with E-state index in [1.54, 1.807) is 13.8 Å². The normalized spacial score (nSPS) is 25.9. The second-order valence-electron chi connectivity index (χ2n) is 5.73. The Balaban J connectivity index is 2.44. The number of piperidine rings is 1. The third kappa shape index (κ3) is 4.70. The molecular formula is C13H25N3O3. The molecule has 0 aliphatic carbocycles. The Hall–Kier alpha value is -1.30. The lowest BCUT2D eigenvalue weighted by Crippen LogP contribution is -2.54. The fraction of sp³-hybridized carbons (Fsp3) is 0.846. The van der Waals surface area contributed by atoms with Gasteiger partial charge in [-0.2, -0.15) is 0 Å². The number of hydrogen-bond donors (Lipinski definition) is 3. The van der Waals surface area contributed by atoms with Crippen molar-refractivity contribution in [3.8, 4) is 0 Å². The van der Waals surface area contributed by atoms with E-state index < -0.39 is 12.0 Å². The van der Waals surface area contributed by atoms with Gasteiger partial charge in [0.25, 0.3) is 0 Å². The summed E-state index contributed by atoms with van der Waals surface area (Å²) in [6.07, 6.45) is 1.79. The van der Waals surface area contributed by atoms with Gasteiger partial charge < -0.3 is 20.6 Å². The van der Waals surface area contributed by atoms with Crippen LogP contribution in [0.5, 0.6) is 0 Å². The highest BCUT2D eigenvalue weighted by Crippen LogP contribution is 2.15. The topological polar surface area (TPSA) is 81.7 Å². The molecular weight excluding hydrogens is 246 g/mol. The van der Waals surface area contributed by atoms with Gasteiger partial charge in [0.15, 0.2) is 0 Å². The smallest absolute Gasteiger partial charge is 0.326 e. The molecule has 2 amide bonds. The molecule has 1 saturated heterocycles. The van der Waals surface area contributed by atoms with E-state index in [1.165, 1.54) is 0 Å². The largest absolute Gasteiger partial charge is 0.480 e. The van der Waals surface area contributed by atoms with Gasteiger partial charge in [0.1, 0.15) is 6.04 Å². The predicted molar refractivity (Wildman–Crippen MR) is 73.0 cm³/mol. The molecule has 3 atom stereocenters. The summed E-state index contributed by atoms with van der Waals surface area (Å²) < 4.78 is 0. The fourth-order valence-corrected chi connectivity index (χ4v) is 2.30. The highest BCUT2D eigenvalue weighted by atomic mass is 16.4. The van der Waals surface area contributed by atoms with Gasteiger partial charge in [-0.15, -0.1) is 0 Å². The molecule has 3 N–H and O–H groups in total.